The molecule has 6 heteroatoms. The molecule has 0 spiro atoms. The van der Waals surface area contributed by atoms with Gasteiger partial charge in [-0.25, -0.2) is 4.79 Å². The largest absolute Gasteiger partial charge is 0.462 e. The molecular formula is C13H15NO5. The van der Waals surface area contributed by atoms with Crippen LogP contribution < -0.4 is 4.74 Å². The van der Waals surface area contributed by atoms with Gasteiger partial charge in [-0.05, 0) is 30.6 Å². The number of carbonyl (C=O) groups is 2. The Hall–Kier alpha value is -2.37. The van der Waals surface area contributed by atoms with E-state index >= 15 is 0 Å². The van der Waals surface area contributed by atoms with Gasteiger partial charge >= 0.3 is 11.9 Å². The van der Waals surface area contributed by atoms with Crippen molar-refractivity contribution in [1.82, 2.24) is 0 Å². The average molecular weight is 265 g/mol. The van der Waals surface area contributed by atoms with Gasteiger partial charge in [0.2, 0.25) is 0 Å². The highest BCUT2D eigenvalue weighted by molar-refractivity contribution is 6.33. The maximum absolute atomic E-state index is 11.4. The smallest absolute Gasteiger partial charge is 0.397 e. The Morgan fingerprint density at radius 3 is 2.42 bits per heavy atom. The second-order valence-corrected chi connectivity index (χ2v) is 3.71. The number of methoxy groups -OCH3 is 1. The molecule has 1 aromatic rings. The second kappa shape index (κ2) is 6.53. The summed E-state index contributed by atoms with van der Waals surface area (Å²) in [5.41, 5.74) is 1.22. The highest BCUT2D eigenvalue weighted by Crippen LogP contribution is 2.20. The first-order valence-corrected chi connectivity index (χ1v) is 5.48. The van der Waals surface area contributed by atoms with E-state index in [0.29, 0.717) is 11.3 Å². The Morgan fingerprint density at radius 1 is 1.21 bits per heavy atom. The molecule has 1 aromatic carbocycles. The minimum Gasteiger partial charge on any atom is -0.462 e. The van der Waals surface area contributed by atoms with Gasteiger partial charge in [-0.1, -0.05) is 12.1 Å². The number of oxime groups is 1. The third-order valence-corrected chi connectivity index (χ3v) is 2.34. The van der Waals surface area contributed by atoms with E-state index in [1.54, 1.807) is 19.1 Å². The Morgan fingerprint density at radius 2 is 1.89 bits per heavy atom. The van der Waals surface area contributed by atoms with Crippen molar-refractivity contribution in [1.29, 1.82) is 0 Å². The molecule has 0 unspecified atom stereocenters. The summed E-state index contributed by atoms with van der Waals surface area (Å²) in [6.45, 7) is 3.22. The maximum atomic E-state index is 11.4. The van der Waals surface area contributed by atoms with Gasteiger partial charge in [0, 0.05) is 5.56 Å². The molecule has 0 N–H and O–H groups in total. The highest BCUT2D eigenvalue weighted by atomic mass is 16.6. The first-order chi connectivity index (χ1) is 8.99. The average Bonchev–Trinajstić information content (AvgIpc) is 2.39. The van der Waals surface area contributed by atoms with E-state index in [4.69, 9.17) is 4.74 Å². The fraction of sp³-hybridized carbons (Fsp3) is 0.308. The molecule has 0 atom stereocenters. The Bertz CT molecular complexity index is 522. The van der Waals surface area contributed by atoms with Crippen LogP contribution in [0, 0.1) is 6.92 Å². The van der Waals surface area contributed by atoms with E-state index in [2.05, 4.69) is 14.7 Å². The van der Waals surface area contributed by atoms with Crippen LogP contribution in [0.4, 0.5) is 0 Å². The Kier molecular flexibility index (Phi) is 5.05. The van der Waals surface area contributed by atoms with Crippen LogP contribution in [0.25, 0.3) is 0 Å². The first kappa shape index (κ1) is 14.7. The number of hydrogen-bond acceptors (Lipinski definition) is 6. The Labute approximate surface area is 110 Å². The molecule has 0 saturated carbocycles. The minimum atomic E-state index is -0.769. The predicted molar refractivity (Wildman–Crippen MR) is 68.3 cm³/mol. The molecule has 0 saturated heterocycles. The number of nitrogens with zero attached hydrogens (tertiary/aromatic N) is 1. The summed E-state index contributed by atoms with van der Waals surface area (Å²) in [7, 11) is 2.49. The van der Waals surface area contributed by atoms with Gasteiger partial charge in [0.15, 0.2) is 5.78 Å². The SMILES string of the molecule is CON=C(Oc1cc(C(C)=O)ccc1C)C(=O)OC. The van der Waals surface area contributed by atoms with Crippen molar-refractivity contribution in [3.8, 4) is 5.75 Å². The number of carbonyl (C=O) groups excluding carboxylic acids is 2. The van der Waals surface area contributed by atoms with Crippen LogP contribution in [0.5, 0.6) is 5.75 Å². The number of hydrogen-bond donors (Lipinski definition) is 0. The van der Waals surface area contributed by atoms with Crippen molar-refractivity contribution in [2.75, 3.05) is 14.2 Å². The molecule has 0 fully saturated rings. The fourth-order valence-corrected chi connectivity index (χ4v) is 1.30. The zero-order valence-corrected chi connectivity index (χ0v) is 11.2. The van der Waals surface area contributed by atoms with E-state index in [-0.39, 0.29) is 11.7 Å². The third kappa shape index (κ3) is 3.80. The summed E-state index contributed by atoms with van der Waals surface area (Å²) in [6.07, 6.45) is 0. The normalized spacial score (nSPS) is 10.8. The molecule has 0 aliphatic heterocycles. The molecule has 19 heavy (non-hydrogen) atoms. The predicted octanol–water partition coefficient (Wildman–Crippen LogP) is 1.71. The molecule has 0 amide bonds. The van der Waals surface area contributed by atoms with E-state index < -0.39 is 5.97 Å². The molecule has 0 aliphatic carbocycles. The van der Waals surface area contributed by atoms with Crippen LogP contribution in [0.2, 0.25) is 0 Å². The molecule has 0 heterocycles. The number of Topliss-reactive ketones (excluding diaryl/α,β-unsaturated/α-hetero) is 1. The second-order valence-electron chi connectivity index (χ2n) is 3.71. The number of benzene rings is 1. The summed E-state index contributed by atoms with van der Waals surface area (Å²) < 4.78 is 9.84. The molecule has 1 rings (SSSR count). The minimum absolute atomic E-state index is 0.104. The van der Waals surface area contributed by atoms with Crippen LogP contribution in [0.1, 0.15) is 22.8 Å². The van der Waals surface area contributed by atoms with Crippen LogP contribution >= 0.6 is 0 Å². The van der Waals surface area contributed by atoms with Gasteiger partial charge in [0.1, 0.15) is 12.9 Å². The van der Waals surface area contributed by atoms with E-state index in [1.807, 2.05) is 0 Å². The summed E-state index contributed by atoms with van der Waals surface area (Å²) in [6, 6.07) is 4.93. The zero-order valence-electron chi connectivity index (χ0n) is 11.2. The summed E-state index contributed by atoms with van der Waals surface area (Å²) in [5.74, 6) is -0.870. The topological polar surface area (TPSA) is 74.2 Å². The highest BCUT2D eigenvalue weighted by Gasteiger charge is 2.17. The molecule has 6 nitrogen and oxygen atoms in total. The van der Waals surface area contributed by atoms with Crippen molar-refractivity contribution in [2.45, 2.75) is 13.8 Å². The van der Waals surface area contributed by atoms with Gasteiger partial charge in [-0.3, -0.25) is 4.79 Å². The van der Waals surface area contributed by atoms with Crippen molar-refractivity contribution >= 4 is 17.7 Å². The first-order valence-electron chi connectivity index (χ1n) is 5.48. The maximum Gasteiger partial charge on any atom is 0.397 e. The molecule has 0 aliphatic rings. The fourth-order valence-electron chi connectivity index (χ4n) is 1.30. The van der Waals surface area contributed by atoms with E-state index in [9.17, 15) is 9.59 Å². The molecule has 0 aromatic heterocycles. The quantitative estimate of drug-likeness (QED) is 0.273. The van der Waals surface area contributed by atoms with Crippen LogP contribution in [0.3, 0.4) is 0 Å². The van der Waals surface area contributed by atoms with Crippen molar-refractivity contribution in [3.63, 3.8) is 0 Å². The lowest BCUT2D eigenvalue weighted by atomic mass is 10.1. The number of ketones is 1. The van der Waals surface area contributed by atoms with Crippen LogP contribution in [0.15, 0.2) is 23.4 Å². The van der Waals surface area contributed by atoms with Gasteiger partial charge in [-0.15, -0.1) is 0 Å². The van der Waals surface area contributed by atoms with Gasteiger partial charge < -0.3 is 14.3 Å². The van der Waals surface area contributed by atoms with Crippen molar-refractivity contribution < 1.29 is 23.9 Å². The Balaban J connectivity index is 3.09. The summed E-state index contributed by atoms with van der Waals surface area (Å²) in [4.78, 5) is 27.2. The molecule has 102 valence electrons. The van der Waals surface area contributed by atoms with E-state index in [1.165, 1.54) is 27.2 Å². The monoisotopic (exact) mass is 265 g/mol. The van der Waals surface area contributed by atoms with Gasteiger partial charge in [-0.2, -0.15) is 0 Å². The van der Waals surface area contributed by atoms with Crippen LogP contribution in [-0.4, -0.2) is 31.9 Å². The number of rotatable bonds is 3. The number of esters is 1. The lowest BCUT2D eigenvalue weighted by molar-refractivity contribution is -0.134. The number of aryl methyl sites for hydroxylation is 1. The van der Waals surface area contributed by atoms with E-state index in [0.717, 1.165) is 5.56 Å². The third-order valence-electron chi connectivity index (χ3n) is 2.34. The zero-order chi connectivity index (χ0) is 14.4. The molecular weight excluding hydrogens is 250 g/mol. The van der Waals surface area contributed by atoms with Gasteiger partial charge in [0.05, 0.1) is 7.11 Å². The standard InChI is InChI=1S/C13H15NO5/c1-8-5-6-10(9(2)15)7-11(8)19-12(14-18-4)13(16)17-3/h5-7H,1-4H3. The summed E-state index contributed by atoms with van der Waals surface area (Å²) >= 11 is 0. The van der Waals surface area contributed by atoms with Crippen LogP contribution in [-0.2, 0) is 14.4 Å². The molecule has 0 radical (unpaired) electrons. The van der Waals surface area contributed by atoms with Crippen molar-refractivity contribution in [2.24, 2.45) is 5.16 Å². The van der Waals surface area contributed by atoms with Crippen molar-refractivity contribution in [3.05, 3.63) is 29.3 Å². The number of ether oxygens (including phenoxy) is 2. The lowest BCUT2D eigenvalue weighted by Crippen LogP contribution is -2.23. The summed E-state index contributed by atoms with van der Waals surface area (Å²) in [5, 5.41) is 3.44. The van der Waals surface area contributed by atoms with Gasteiger partial charge in [0.25, 0.3) is 0 Å². The molecule has 0 bridgehead atoms. The lowest BCUT2D eigenvalue weighted by Gasteiger charge is -2.09.